The Kier molecular flexibility index (Phi) is 5.05. The quantitative estimate of drug-likeness (QED) is 0.586. The molecule has 1 fully saturated rings. The number of likely N-dealkylation sites (tertiary alicyclic amines) is 1. The summed E-state index contributed by atoms with van der Waals surface area (Å²) in [7, 11) is 0. The summed E-state index contributed by atoms with van der Waals surface area (Å²) in [5.74, 6) is 1.82. The van der Waals surface area contributed by atoms with E-state index in [1.54, 1.807) is 4.90 Å². The molecule has 22 heavy (non-hydrogen) atoms. The number of para-hydroxylation sites is 1. The lowest BCUT2D eigenvalue weighted by Gasteiger charge is -2.27. The van der Waals surface area contributed by atoms with Gasteiger partial charge in [-0.05, 0) is 43.1 Å². The van der Waals surface area contributed by atoms with E-state index in [-0.39, 0.29) is 0 Å². The maximum absolute atomic E-state index is 5.21. The van der Waals surface area contributed by atoms with Crippen molar-refractivity contribution in [3.8, 4) is 0 Å². The number of nitrogens with zero attached hydrogens (tertiary/aromatic N) is 1. The first-order chi connectivity index (χ1) is 10.7. The van der Waals surface area contributed by atoms with Gasteiger partial charge in [0.25, 0.3) is 0 Å². The number of benzene rings is 1. The Morgan fingerprint density at radius 1 is 1.32 bits per heavy atom. The Bertz CT molecular complexity index is 674. The lowest BCUT2D eigenvalue weighted by molar-refractivity contribution is -0.906. The van der Waals surface area contributed by atoms with Crippen molar-refractivity contribution in [1.82, 2.24) is 9.97 Å². The molecule has 1 aliphatic rings. The van der Waals surface area contributed by atoms with E-state index in [4.69, 9.17) is 12.2 Å². The summed E-state index contributed by atoms with van der Waals surface area (Å²) in [6.07, 6.45) is 3.93. The Morgan fingerprint density at radius 2 is 2.09 bits per heavy atom. The molecule has 3 rings (SSSR count). The van der Waals surface area contributed by atoms with Crippen LogP contribution < -0.4 is 10.2 Å². The zero-order valence-corrected chi connectivity index (χ0v) is 14.0. The molecule has 2 aromatic rings. The molecule has 0 spiro atoms. The molecule has 5 heteroatoms. The summed E-state index contributed by atoms with van der Waals surface area (Å²) >= 11 is 5.21. The van der Waals surface area contributed by atoms with E-state index in [0.29, 0.717) is 4.77 Å². The summed E-state index contributed by atoms with van der Waals surface area (Å²) < 4.78 is 0.539. The third-order valence-corrected chi connectivity index (χ3v) is 4.81. The molecule has 1 aliphatic heterocycles. The van der Waals surface area contributed by atoms with Crippen molar-refractivity contribution >= 4 is 28.9 Å². The van der Waals surface area contributed by atoms with Gasteiger partial charge in [0, 0.05) is 18.4 Å². The number of quaternary nitrogens is 1. The minimum Gasteiger partial charge on any atom is -0.369 e. The average Bonchev–Trinajstić information content (AvgIpc) is 2.53. The molecule has 1 aromatic carbocycles. The third kappa shape index (κ3) is 3.84. The maximum Gasteiger partial charge on any atom is 0.199 e. The van der Waals surface area contributed by atoms with Crippen molar-refractivity contribution < 1.29 is 4.90 Å². The van der Waals surface area contributed by atoms with Crippen molar-refractivity contribution in [2.45, 2.75) is 26.2 Å². The number of hydrogen-bond acceptors (Lipinski definition) is 3. The fourth-order valence-electron chi connectivity index (χ4n) is 3.20. The second-order valence-corrected chi connectivity index (χ2v) is 6.79. The fraction of sp³-hybridized carbons (Fsp3) is 0.529. The monoisotopic (exact) mass is 317 g/mol. The Labute approximate surface area is 136 Å². The molecule has 0 bridgehead atoms. The van der Waals surface area contributed by atoms with Crippen LogP contribution >= 0.6 is 12.2 Å². The minimum absolute atomic E-state index is 0.539. The van der Waals surface area contributed by atoms with Crippen molar-refractivity contribution in [1.29, 1.82) is 0 Å². The molecule has 3 N–H and O–H groups in total. The number of rotatable bonds is 5. The van der Waals surface area contributed by atoms with Crippen molar-refractivity contribution in [2.75, 3.05) is 31.5 Å². The van der Waals surface area contributed by atoms with E-state index < -0.39 is 0 Å². The summed E-state index contributed by atoms with van der Waals surface area (Å²) in [6, 6.07) is 8.16. The fourth-order valence-corrected chi connectivity index (χ4v) is 3.41. The Morgan fingerprint density at radius 3 is 2.91 bits per heavy atom. The molecule has 0 atom stereocenters. The van der Waals surface area contributed by atoms with Gasteiger partial charge in [-0.25, -0.2) is 4.98 Å². The molecule has 1 aromatic heterocycles. The van der Waals surface area contributed by atoms with Crippen molar-refractivity contribution in [2.24, 2.45) is 5.92 Å². The maximum atomic E-state index is 5.21. The van der Waals surface area contributed by atoms with Crippen LogP contribution in [0.15, 0.2) is 24.3 Å². The zero-order chi connectivity index (χ0) is 15.4. The van der Waals surface area contributed by atoms with Crippen LogP contribution in [0.4, 0.5) is 5.82 Å². The van der Waals surface area contributed by atoms with Gasteiger partial charge in [0.15, 0.2) is 4.77 Å². The average molecular weight is 317 g/mol. The zero-order valence-electron chi connectivity index (χ0n) is 13.2. The van der Waals surface area contributed by atoms with Gasteiger partial charge >= 0.3 is 0 Å². The minimum atomic E-state index is 0.539. The van der Waals surface area contributed by atoms with Gasteiger partial charge in [-0.2, -0.15) is 0 Å². The van der Waals surface area contributed by atoms with Gasteiger partial charge in [0.05, 0.1) is 25.2 Å². The SMILES string of the molecule is CC1CC[NH+](CCCNc2nc(=S)[nH]c3ccccc23)CC1. The first kappa shape index (κ1) is 15.4. The van der Waals surface area contributed by atoms with Gasteiger partial charge in [0.2, 0.25) is 0 Å². The predicted octanol–water partition coefficient (Wildman–Crippen LogP) is 2.41. The van der Waals surface area contributed by atoms with Crippen LogP contribution in [-0.2, 0) is 0 Å². The largest absolute Gasteiger partial charge is 0.369 e. The highest BCUT2D eigenvalue weighted by Gasteiger charge is 2.17. The molecule has 2 heterocycles. The predicted molar refractivity (Wildman–Crippen MR) is 94.0 cm³/mol. The number of hydrogen-bond donors (Lipinski definition) is 3. The number of nitrogens with one attached hydrogen (secondary N) is 3. The lowest BCUT2D eigenvalue weighted by Crippen LogP contribution is -3.13. The molecule has 0 amide bonds. The Balaban J connectivity index is 1.55. The van der Waals surface area contributed by atoms with Gasteiger partial charge in [0.1, 0.15) is 5.82 Å². The second-order valence-electron chi connectivity index (χ2n) is 6.40. The number of aromatic amines is 1. The van der Waals surface area contributed by atoms with Gasteiger partial charge in [-0.1, -0.05) is 19.1 Å². The van der Waals surface area contributed by atoms with Crippen LogP contribution in [0.5, 0.6) is 0 Å². The molecule has 0 saturated carbocycles. The van der Waals surface area contributed by atoms with E-state index in [1.807, 2.05) is 18.2 Å². The van der Waals surface area contributed by atoms with Crippen LogP contribution in [0.3, 0.4) is 0 Å². The summed E-state index contributed by atoms with van der Waals surface area (Å²) in [5.41, 5.74) is 1.04. The molecule has 4 nitrogen and oxygen atoms in total. The molecule has 1 saturated heterocycles. The van der Waals surface area contributed by atoms with Crippen LogP contribution in [0.25, 0.3) is 10.9 Å². The smallest absolute Gasteiger partial charge is 0.199 e. The highest BCUT2D eigenvalue weighted by Crippen LogP contribution is 2.18. The number of piperidine rings is 1. The topological polar surface area (TPSA) is 45.1 Å². The third-order valence-electron chi connectivity index (χ3n) is 4.62. The van der Waals surface area contributed by atoms with Crippen LogP contribution in [0, 0.1) is 10.7 Å². The van der Waals surface area contributed by atoms with E-state index in [1.165, 1.54) is 38.9 Å². The van der Waals surface area contributed by atoms with Gasteiger partial charge in [-0.3, -0.25) is 0 Å². The second kappa shape index (κ2) is 7.20. The number of aromatic nitrogens is 2. The van der Waals surface area contributed by atoms with Crippen LogP contribution in [-0.4, -0.2) is 36.1 Å². The number of fused-ring (bicyclic) bond motifs is 1. The van der Waals surface area contributed by atoms with E-state index in [0.717, 1.165) is 29.2 Å². The molecule has 0 aliphatic carbocycles. The molecular weight excluding hydrogens is 292 g/mol. The van der Waals surface area contributed by atoms with E-state index >= 15 is 0 Å². The standard InChI is InChI=1S/C17H24N4S/c1-13-7-11-21(12-8-13)10-4-9-18-16-14-5-2-3-6-15(14)19-17(22)20-16/h2-3,5-6,13H,4,7-12H2,1H3,(H2,18,19,20,22)/p+1. The normalized spacial score (nSPS) is 21.9. The van der Waals surface area contributed by atoms with Gasteiger partial charge in [-0.15, -0.1) is 0 Å². The molecular formula is C17H25N4S+. The van der Waals surface area contributed by atoms with Crippen molar-refractivity contribution in [3.05, 3.63) is 29.0 Å². The van der Waals surface area contributed by atoms with Crippen LogP contribution in [0.2, 0.25) is 0 Å². The lowest BCUT2D eigenvalue weighted by atomic mass is 9.99. The molecule has 0 unspecified atom stereocenters. The van der Waals surface area contributed by atoms with Crippen molar-refractivity contribution in [3.63, 3.8) is 0 Å². The van der Waals surface area contributed by atoms with Gasteiger partial charge < -0.3 is 15.2 Å². The number of H-pyrrole nitrogens is 1. The summed E-state index contributed by atoms with van der Waals surface area (Å²) in [6.45, 7) is 7.23. The summed E-state index contributed by atoms with van der Waals surface area (Å²) in [4.78, 5) is 9.33. The number of anilines is 1. The molecule has 118 valence electrons. The summed E-state index contributed by atoms with van der Waals surface area (Å²) in [5, 5.41) is 4.57. The molecule has 0 radical (unpaired) electrons. The van der Waals surface area contributed by atoms with E-state index in [2.05, 4.69) is 28.3 Å². The Hall–Kier alpha value is -1.46. The van der Waals surface area contributed by atoms with Crippen LogP contribution in [0.1, 0.15) is 26.2 Å². The highest BCUT2D eigenvalue weighted by molar-refractivity contribution is 7.71. The first-order valence-corrected chi connectivity index (χ1v) is 8.69. The highest BCUT2D eigenvalue weighted by atomic mass is 32.1. The van der Waals surface area contributed by atoms with E-state index in [9.17, 15) is 0 Å². The first-order valence-electron chi connectivity index (χ1n) is 8.29.